The highest BCUT2D eigenvalue weighted by Gasteiger charge is 2.24. The SMILES string of the molecule is CCCCCCCC(CCCCCC)C(C)(C)S. The molecule has 0 rings (SSSR count). The smallest absolute Gasteiger partial charge is 0.0101 e. The van der Waals surface area contributed by atoms with E-state index in [-0.39, 0.29) is 4.75 Å². The highest BCUT2D eigenvalue weighted by Crippen LogP contribution is 2.33. The van der Waals surface area contributed by atoms with E-state index >= 15 is 0 Å². The van der Waals surface area contributed by atoms with Crippen molar-refractivity contribution >= 4 is 12.6 Å². The molecule has 0 aliphatic carbocycles. The average molecular weight is 273 g/mol. The van der Waals surface area contributed by atoms with Gasteiger partial charge in [0.05, 0.1) is 0 Å². The molecule has 0 radical (unpaired) electrons. The summed E-state index contributed by atoms with van der Waals surface area (Å²) in [5.74, 6) is 0.805. The highest BCUT2D eigenvalue weighted by atomic mass is 32.1. The van der Waals surface area contributed by atoms with Gasteiger partial charge in [0.2, 0.25) is 0 Å². The molecule has 0 spiro atoms. The first kappa shape index (κ1) is 18.4. The molecule has 0 N–H and O–H groups in total. The summed E-state index contributed by atoms with van der Waals surface area (Å²) in [7, 11) is 0. The first-order chi connectivity index (χ1) is 8.52. The lowest BCUT2D eigenvalue weighted by molar-refractivity contribution is 0.343. The van der Waals surface area contributed by atoms with Crippen molar-refractivity contribution in [1.82, 2.24) is 0 Å². The lowest BCUT2D eigenvalue weighted by atomic mass is 9.85. The second kappa shape index (κ2) is 11.2. The van der Waals surface area contributed by atoms with Gasteiger partial charge in [-0.1, -0.05) is 85.5 Å². The van der Waals surface area contributed by atoms with Crippen molar-refractivity contribution in [1.29, 1.82) is 0 Å². The Morgan fingerprint density at radius 3 is 1.50 bits per heavy atom. The van der Waals surface area contributed by atoms with Crippen molar-refractivity contribution in [3.05, 3.63) is 0 Å². The molecule has 0 heterocycles. The normalized spacial score (nSPS) is 13.8. The number of thiol groups is 1. The Bertz CT molecular complexity index is 169. The molecule has 1 unspecified atom stereocenters. The number of unbranched alkanes of at least 4 members (excludes halogenated alkanes) is 7. The molecule has 1 heteroatoms. The molecule has 1 atom stereocenters. The Kier molecular flexibility index (Phi) is 11.4. The van der Waals surface area contributed by atoms with Gasteiger partial charge in [-0.2, -0.15) is 12.6 Å². The zero-order chi connectivity index (χ0) is 13.9. The molecule has 0 aliphatic rings. The monoisotopic (exact) mass is 272 g/mol. The fraction of sp³-hybridized carbons (Fsp3) is 1.00. The van der Waals surface area contributed by atoms with Crippen molar-refractivity contribution in [2.45, 2.75) is 103 Å². The Morgan fingerprint density at radius 2 is 1.11 bits per heavy atom. The lowest BCUT2D eigenvalue weighted by Crippen LogP contribution is -2.24. The van der Waals surface area contributed by atoms with Gasteiger partial charge in [0.1, 0.15) is 0 Å². The van der Waals surface area contributed by atoms with E-state index in [1.807, 2.05) is 0 Å². The minimum Gasteiger partial charge on any atom is -0.173 e. The second-order valence-electron chi connectivity index (χ2n) is 6.40. The van der Waals surface area contributed by atoms with E-state index < -0.39 is 0 Å². The van der Waals surface area contributed by atoms with Gasteiger partial charge in [0.15, 0.2) is 0 Å². The zero-order valence-corrected chi connectivity index (χ0v) is 14.2. The summed E-state index contributed by atoms with van der Waals surface area (Å²) in [5, 5.41) is 0. The predicted molar refractivity (Wildman–Crippen MR) is 88.7 cm³/mol. The minimum absolute atomic E-state index is 0.205. The molecule has 0 aromatic heterocycles. The third-order valence-corrected chi connectivity index (χ3v) is 4.43. The molecule has 0 saturated heterocycles. The summed E-state index contributed by atoms with van der Waals surface area (Å²) in [4.78, 5) is 0. The molecule has 110 valence electrons. The van der Waals surface area contributed by atoms with E-state index in [0.29, 0.717) is 0 Å². The van der Waals surface area contributed by atoms with E-state index in [9.17, 15) is 0 Å². The van der Waals surface area contributed by atoms with Crippen LogP contribution in [0.1, 0.15) is 98.3 Å². The molecule has 0 bridgehead atoms. The van der Waals surface area contributed by atoms with Crippen LogP contribution in [0.3, 0.4) is 0 Å². The van der Waals surface area contributed by atoms with Crippen LogP contribution in [0.15, 0.2) is 0 Å². The Morgan fingerprint density at radius 1 is 0.722 bits per heavy atom. The van der Waals surface area contributed by atoms with Gasteiger partial charge < -0.3 is 0 Å². The molecular formula is C17H36S. The van der Waals surface area contributed by atoms with Crippen LogP contribution in [-0.4, -0.2) is 4.75 Å². The molecule has 0 aromatic rings. The van der Waals surface area contributed by atoms with Gasteiger partial charge in [-0.15, -0.1) is 0 Å². The molecule has 0 nitrogen and oxygen atoms in total. The van der Waals surface area contributed by atoms with Gasteiger partial charge >= 0.3 is 0 Å². The maximum atomic E-state index is 4.82. The van der Waals surface area contributed by atoms with Crippen LogP contribution in [0.25, 0.3) is 0 Å². The standard InChI is InChI=1S/C17H36S/c1-5-7-9-11-13-15-16(17(3,4)18)14-12-10-8-6-2/h16,18H,5-15H2,1-4H3. The maximum Gasteiger partial charge on any atom is 0.0101 e. The first-order valence-corrected chi connectivity index (χ1v) is 8.69. The van der Waals surface area contributed by atoms with Crippen LogP contribution in [0, 0.1) is 5.92 Å². The fourth-order valence-corrected chi connectivity index (χ4v) is 2.92. The van der Waals surface area contributed by atoms with Gasteiger partial charge in [0.25, 0.3) is 0 Å². The van der Waals surface area contributed by atoms with Gasteiger partial charge in [-0.25, -0.2) is 0 Å². The molecule has 0 saturated carbocycles. The highest BCUT2D eigenvalue weighted by molar-refractivity contribution is 7.81. The maximum absolute atomic E-state index is 4.82. The molecule has 18 heavy (non-hydrogen) atoms. The molecular weight excluding hydrogens is 236 g/mol. The van der Waals surface area contributed by atoms with E-state index in [4.69, 9.17) is 12.6 Å². The van der Waals surface area contributed by atoms with Crippen LogP contribution < -0.4 is 0 Å². The van der Waals surface area contributed by atoms with Gasteiger partial charge in [0, 0.05) is 4.75 Å². The van der Waals surface area contributed by atoms with E-state index in [1.165, 1.54) is 70.6 Å². The van der Waals surface area contributed by atoms with Crippen LogP contribution >= 0.6 is 12.6 Å². The largest absolute Gasteiger partial charge is 0.173 e. The third-order valence-electron chi connectivity index (χ3n) is 4.06. The summed E-state index contributed by atoms with van der Waals surface area (Å²) in [6, 6.07) is 0. The van der Waals surface area contributed by atoms with Crippen molar-refractivity contribution in [3.8, 4) is 0 Å². The second-order valence-corrected chi connectivity index (χ2v) is 7.56. The van der Waals surface area contributed by atoms with Crippen molar-refractivity contribution in [2.24, 2.45) is 5.92 Å². The predicted octanol–water partition coefficient (Wildman–Crippen LogP) is 6.64. The van der Waals surface area contributed by atoms with Crippen LogP contribution in [0.4, 0.5) is 0 Å². The van der Waals surface area contributed by atoms with Crippen LogP contribution in [0.2, 0.25) is 0 Å². The fourth-order valence-electron chi connectivity index (χ4n) is 2.66. The topological polar surface area (TPSA) is 0 Å². The quantitative estimate of drug-likeness (QED) is 0.299. The third kappa shape index (κ3) is 10.3. The van der Waals surface area contributed by atoms with E-state index in [1.54, 1.807) is 0 Å². The Balaban J connectivity index is 3.79. The van der Waals surface area contributed by atoms with Crippen molar-refractivity contribution < 1.29 is 0 Å². The number of hydrogen-bond donors (Lipinski definition) is 1. The number of hydrogen-bond acceptors (Lipinski definition) is 1. The Labute approximate surface area is 122 Å². The molecule has 0 amide bonds. The first-order valence-electron chi connectivity index (χ1n) is 8.24. The Hall–Kier alpha value is 0.350. The van der Waals surface area contributed by atoms with E-state index in [2.05, 4.69) is 27.7 Å². The zero-order valence-electron chi connectivity index (χ0n) is 13.3. The summed E-state index contributed by atoms with van der Waals surface area (Å²) in [6.45, 7) is 9.17. The van der Waals surface area contributed by atoms with Crippen molar-refractivity contribution in [2.75, 3.05) is 0 Å². The van der Waals surface area contributed by atoms with Crippen molar-refractivity contribution in [3.63, 3.8) is 0 Å². The van der Waals surface area contributed by atoms with Gasteiger partial charge in [-0.3, -0.25) is 0 Å². The van der Waals surface area contributed by atoms with Gasteiger partial charge in [-0.05, 0) is 18.8 Å². The minimum atomic E-state index is 0.205. The lowest BCUT2D eigenvalue weighted by Gasteiger charge is -2.30. The average Bonchev–Trinajstić information content (AvgIpc) is 2.30. The number of rotatable bonds is 12. The summed E-state index contributed by atoms with van der Waals surface area (Å²) in [6.07, 6.45) is 15.3. The molecule has 0 fully saturated rings. The van der Waals surface area contributed by atoms with Crippen LogP contribution in [-0.2, 0) is 0 Å². The molecule has 0 aromatic carbocycles. The van der Waals surface area contributed by atoms with E-state index in [0.717, 1.165) is 5.92 Å². The van der Waals surface area contributed by atoms with Crippen LogP contribution in [0.5, 0.6) is 0 Å². The summed E-state index contributed by atoms with van der Waals surface area (Å²) in [5.41, 5.74) is 0. The summed E-state index contributed by atoms with van der Waals surface area (Å²) >= 11 is 4.82. The summed E-state index contributed by atoms with van der Waals surface area (Å²) < 4.78 is 0.205. The molecule has 0 aliphatic heterocycles.